The van der Waals surface area contributed by atoms with Gasteiger partial charge >= 0.3 is 12.1 Å². The fourth-order valence-corrected chi connectivity index (χ4v) is 5.52. The Kier molecular flexibility index (Phi) is 11.1. The molecule has 1 saturated heterocycles. The number of imide groups is 2. The summed E-state index contributed by atoms with van der Waals surface area (Å²) in [6.45, 7) is 1.38. The van der Waals surface area contributed by atoms with Gasteiger partial charge in [0, 0.05) is 43.9 Å². The number of fused-ring (bicyclic) bond motifs is 1. The lowest BCUT2D eigenvalue weighted by atomic mass is 9.94. The first kappa shape index (κ1) is 36.9. The standard InChI is InChI=1S/C30H29FN6O6.C2HF3O2/c1-16-5-3-8-21(31)20(16)14-36(24(39)12-9-17-13-33-15-34-17)26(28(41)32-2)18-6-4-7-19-25(18)30(43)37(29(19)42)22-10-11-23(38)35-27(22)40;3-2(4,5)1(6)7/h3-8,13,15,22,26H,9-12,14H2,1-2H3,(H,32,41)(H,33,34)(H,35,38,40);(H,6,7). The Morgan fingerprint density at radius 1 is 1.10 bits per heavy atom. The van der Waals surface area contributed by atoms with Crippen molar-refractivity contribution in [2.24, 2.45) is 0 Å². The number of amides is 6. The molecule has 3 heterocycles. The summed E-state index contributed by atoms with van der Waals surface area (Å²) in [5, 5.41) is 11.8. The second-order valence-electron chi connectivity index (χ2n) is 11.2. The van der Waals surface area contributed by atoms with Crippen molar-refractivity contribution in [2.75, 3.05) is 7.05 Å². The number of rotatable bonds is 9. The lowest BCUT2D eigenvalue weighted by molar-refractivity contribution is -0.192. The predicted octanol–water partition coefficient (Wildman–Crippen LogP) is 2.34. The number of nitrogens with zero attached hydrogens (tertiary/aromatic N) is 3. The molecule has 3 aromatic rings. The molecule has 0 aliphatic carbocycles. The number of aryl methyl sites for hydroxylation is 2. The smallest absolute Gasteiger partial charge is 0.475 e. The number of likely N-dealkylation sites (N-methyl/N-ethyl adjacent to an activating group) is 1. The Labute approximate surface area is 280 Å². The van der Waals surface area contributed by atoms with Gasteiger partial charge in [-0.1, -0.05) is 24.3 Å². The van der Waals surface area contributed by atoms with Crippen molar-refractivity contribution in [1.29, 1.82) is 0 Å². The van der Waals surface area contributed by atoms with Crippen molar-refractivity contribution in [2.45, 2.75) is 57.4 Å². The largest absolute Gasteiger partial charge is 0.490 e. The number of H-pyrrole nitrogens is 1. The van der Waals surface area contributed by atoms with Crippen molar-refractivity contribution in [3.8, 4) is 0 Å². The van der Waals surface area contributed by atoms with Gasteiger partial charge in [0.2, 0.25) is 23.6 Å². The fraction of sp³-hybridized carbons (Fsp3) is 0.312. The number of carbonyl (C=O) groups is 7. The van der Waals surface area contributed by atoms with Crippen LogP contribution in [0.1, 0.15) is 68.4 Å². The van der Waals surface area contributed by atoms with Gasteiger partial charge in [-0.25, -0.2) is 14.2 Å². The van der Waals surface area contributed by atoms with Crippen LogP contribution in [0.3, 0.4) is 0 Å². The SMILES string of the molecule is CNC(=O)C(c1cccc2c1C(=O)N(C1CCC(=O)NC1=O)C2=O)N(Cc1c(C)cccc1F)C(=O)CCc1cnc[nH]1.O=C(O)C(F)(F)F. The second-order valence-corrected chi connectivity index (χ2v) is 11.2. The van der Waals surface area contributed by atoms with E-state index < -0.39 is 65.5 Å². The topological polar surface area (TPSA) is 199 Å². The highest BCUT2D eigenvalue weighted by atomic mass is 19.4. The summed E-state index contributed by atoms with van der Waals surface area (Å²) >= 11 is 0. The monoisotopic (exact) mass is 702 g/mol. The number of benzene rings is 2. The van der Waals surface area contributed by atoms with E-state index in [2.05, 4.69) is 20.6 Å². The molecule has 2 aliphatic heterocycles. The summed E-state index contributed by atoms with van der Waals surface area (Å²) in [5.41, 5.74) is 1.28. The van der Waals surface area contributed by atoms with E-state index in [-0.39, 0.29) is 54.5 Å². The molecule has 4 N–H and O–H groups in total. The summed E-state index contributed by atoms with van der Waals surface area (Å²) in [7, 11) is 1.36. The zero-order chi connectivity index (χ0) is 36.9. The normalized spacial score (nSPS) is 16.2. The Bertz CT molecular complexity index is 1830. The number of nitrogens with one attached hydrogen (secondary N) is 3. The summed E-state index contributed by atoms with van der Waals surface area (Å²) in [4.78, 5) is 96.8. The van der Waals surface area contributed by atoms with Crippen molar-refractivity contribution in [3.05, 3.63) is 88.3 Å². The molecule has 2 atom stereocenters. The van der Waals surface area contributed by atoms with Gasteiger partial charge in [-0.3, -0.25) is 39.0 Å². The van der Waals surface area contributed by atoms with E-state index >= 15 is 4.39 Å². The molecular weight excluding hydrogens is 672 g/mol. The molecule has 0 bridgehead atoms. The lowest BCUT2D eigenvalue weighted by Crippen LogP contribution is -2.54. The first-order chi connectivity index (χ1) is 23.6. The third-order valence-corrected chi connectivity index (χ3v) is 8.01. The van der Waals surface area contributed by atoms with Crippen LogP contribution in [-0.4, -0.2) is 85.6 Å². The van der Waals surface area contributed by atoms with Crippen LogP contribution >= 0.6 is 0 Å². The number of halogens is 4. The van der Waals surface area contributed by atoms with Crippen molar-refractivity contribution in [3.63, 3.8) is 0 Å². The maximum atomic E-state index is 15.1. The highest BCUT2D eigenvalue weighted by Crippen LogP contribution is 2.36. The zero-order valence-electron chi connectivity index (χ0n) is 26.5. The second kappa shape index (κ2) is 15.1. The molecule has 2 unspecified atom stereocenters. The molecule has 0 saturated carbocycles. The number of hydrogen-bond acceptors (Lipinski definition) is 8. The zero-order valence-corrected chi connectivity index (χ0v) is 26.5. The van der Waals surface area contributed by atoms with Crippen molar-refractivity contribution < 1.29 is 56.2 Å². The van der Waals surface area contributed by atoms with Crippen molar-refractivity contribution >= 4 is 41.4 Å². The number of carbonyl (C=O) groups excluding carboxylic acids is 6. The number of hydrogen-bond donors (Lipinski definition) is 4. The van der Waals surface area contributed by atoms with Crippen LogP contribution < -0.4 is 10.6 Å². The van der Waals surface area contributed by atoms with Gasteiger partial charge in [-0.15, -0.1) is 0 Å². The van der Waals surface area contributed by atoms with E-state index in [4.69, 9.17) is 9.90 Å². The lowest BCUT2D eigenvalue weighted by Gasteiger charge is -2.33. The van der Waals surface area contributed by atoms with Gasteiger partial charge in [0.15, 0.2) is 0 Å². The number of piperidine rings is 1. The average Bonchev–Trinajstić information content (AvgIpc) is 3.67. The molecule has 50 heavy (non-hydrogen) atoms. The first-order valence-corrected chi connectivity index (χ1v) is 14.9. The van der Waals surface area contributed by atoms with Crippen LogP contribution in [0.25, 0.3) is 0 Å². The van der Waals surface area contributed by atoms with Crippen LogP contribution in [0.15, 0.2) is 48.9 Å². The minimum absolute atomic E-state index is 0.0465. The number of alkyl halides is 3. The van der Waals surface area contributed by atoms with Gasteiger partial charge in [0.25, 0.3) is 11.8 Å². The van der Waals surface area contributed by atoms with Gasteiger partial charge in [-0.05, 0) is 43.0 Å². The van der Waals surface area contributed by atoms with E-state index in [1.807, 2.05) is 0 Å². The Hall–Kier alpha value is -5.94. The Morgan fingerprint density at radius 3 is 2.36 bits per heavy atom. The molecule has 2 aliphatic rings. The maximum Gasteiger partial charge on any atom is 0.490 e. The number of imidazole rings is 1. The van der Waals surface area contributed by atoms with Gasteiger partial charge < -0.3 is 20.3 Å². The molecule has 0 spiro atoms. The first-order valence-electron chi connectivity index (χ1n) is 14.9. The fourth-order valence-electron chi connectivity index (χ4n) is 5.52. The number of carboxylic acids is 1. The summed E-state index contributed by atoms with van der Waals surface area (Å²) in [6, 6.07) is 6.15. The molecule has 5 rings (SSSR count). The predicted molar refractivity (Wildman–Crippen MR) is 162 cm³/mol. The molecule has 0 radical (unpaired) electrons. The molecule has 1 fully saturated rings. The highest BCUT2D eigenvalue weighted by Gasteiger charge is 2.47. The molecule has 2 aromatic carbocycles. The number of aromatic amines is 1. The number of aromatic nitrogens is 2. The van der Waals surface area contributed by atoms with Crippen molar-refractivity contribution in [1.82, 2.24) is 30.4 Å². The minimum atomic E-state index is -5.08. The molecular formula is C32H30F4N6O8. The summed E-state index contributed by atoms with van der Waals surface area (Å²) in [5.74, 6) is -7.38. The van der Waals surface area contributed by atoms with E-state index in [1.165, 1.54) is 48.6 Å². The summed E-state index contributed by atoms with van der Waals surface area (Å²) in [6.07, 6.45) is -1.98. The Balaban J connectivity index is 0.000000727. The van der Waals surface area contributed by atoms with Crippen LogP contribution in [-0.2, 0) is 36.9 Å². The highest BCUT2D eigenvalue weighted by molar-refractivity contribution is 6.24. The minimum Gasteiger partial charge on any atom is -0.475 e. The van der Waals surface area contributed by atoms with Crippen LogP contribution in [0.4, 0.5) is 17.6 Å². The van der Waals surface area contributed by atoms with Crippen LogP contribution in [0.5, 0.6) is 0 Å². The third kappa shape index (κ3) is 7.85. The number of aliphatic carboxylic acids is 1. The molecule has 1 aromatic heterocycles. The van der Waals surface area contributed by atoms with E-state index in [9.17, 15) is 41.9 Å². The summed E-state index contributed by atoms with van der Waals surface area (Å²) < 4.78 is 46.8. The molecule has 14 nitrogen and oxygen atoms in total. The van der Waals surface area contributed by atoms with Gasteiger partial charge in [-0.2, -0.15) is 13.2 Å². The third-order valence-electron chi connectivity index (χ3n) is 8.01. The van der Waals surface area contributed by atoms with E-state index in [0.29, 0.717) is 11.3 Å². The average molecular weight is 703 g/mol. The van der Waals surface area contributed by atoms with E-state index in [1.54, 1.807) is 19.2 Å². The quantitative estimate of drug-likeness (QED) is 0.191. The van der Waals surface area contributed by atoms with E-state index in [0.717, 1.165) is 4.90 Å². The van der Waals surface area contributed by atoms with Crippen LogP contribution in [0, 0.1) is 12.7 Å². The van der Waals surface area contributed by atoms with Crippen LogP contribution in [0.2, 0.25) is 0 Å². The molecule has 6 amide bonds. The molecule has 264 valence electrons. The maximum absolute atomic E-state index is 15.1. The Morgan fingerprint density at radius 2 is 1.78 bits per heavy atom. The van der Waals surface area contributed by atoms with Gasteiger partial charge in [0.05, 0.1) is 17.5 Å². The molecule has 18 heteroatoms. The number of carboxylic acid groups (broad SMARTS) is 1. The van der Waals surface area contributed by atoms with Gasteiger partial charge in [0.1, 0.15) is 17.9 Å².